The molecule has 0 heterocycles. The summed E-state index contributed by atoms with van der Waals surface area (Å²) in [6.07, 6.45) is 0. The van der Waals surface area contributed by atoms with Crippen molar-refractivity contribution in [3.63, 3.8) is 0 Å². The van der Waals surface area contributed by atoms with Gasteiger partial charge in [0.1, 0.15) is 5.82 Å². The van der Waals surface area contributed by atoms with E-state index >= 15 is 0 Å². The zero-order chi connectivity index (χ0) is 15.4. The van der Waals surface area contributed by atoms with Crippen molar-refractivity contribution in [1.82, 2.24) is 0 Å². The fourth-order valence-corrected chi connectivity index (χ4v) is 1.97. The average Bonchev–Trinajstić information content (AvgIpc) is 2.48. The Balaban J connectivity index is 2.15. The van der Waals surface area contributed by atoms with E-state index in [4.69, 9.17) is 0 Å². The molecule has 0 unspecified atom stereocenters. The number of anilines is 1. The van der Waals surface area contributed by atoms with Gasteiger partial charge in [0.15, 0.2) is 17.4 Å². The Morgan fingerprint density at radius 2 is 1.67 bits per heavy atom. The van der Waals surface area contributed by atoms with E-state index in [0.717, 1.165) is 12.1 Å². The van der Waals surface area contributed by atoms with E-state index in [1.165, 1.54) is 18.2 Å². The zero-order valence-corrected chi connectivity index (χ0v) is 11.4. The van der Waals surface area contributed by atoms with Gasteiger partial charge in [-0.2, -0.15) is 0 Å². The predicted molar refractivity (Wildman–Crippen MR) is 75.0 cm³/mol. The van der Waals surface area contributed by atoms with Crippen molar-refractivity contribution in [2.24, 2.45) is 0 Å². The number of hydrogen-bond donors (Lipinski definition) is 0. The van der Waals surface area contributed by atoms with Crippen LogP contribution in [0.1, 0.15) is 17.3 Å². The van der Waals surface area contributed by atoms with Gasteiger partial charge < -0.3 is 4.90 Å². The van der Waals surface area contributed by atoms with Crippen LogP contribution >= 0.6 is 0 Å². The van der Waals surface area contributed by atoms with Crippen molar-refractivity contribution in [3.8, 4) is 0 Å². The molecule has 0 atom stereocenters. The minimum atomic E-state index is -1.05. The van der Waals surface area contributed by atoms with Gasteiger partial charge in [0.05, 0.1) is 6.54 Å². The number of carbonyl (C=O) groups excluding carboxylic acids is 1. The van der Waals surface area contributed by atoms with E-state index in [1.54, 1.807) is 17.0 Å². The number of likely N-dealkylation sites (N-methyl/N-ethyl adjacent to an activating group) is 1. The number of rotatable bonds is 5. The summed E-state index contributed by atoms with van der Waals surface area (Å²) in [6, 6.07) is 8.81. The SMILES string of the molecule is CCN(CC(=O)c1ccc(F)c(F)c1)c1ccc(F)cc1. The van der Waals surface area contributed by atoms with E-state index in [9.17, 15) is 18.0 Å². The van der Waals surface area contributed by atoms with Crippen molar-refractivity contribution < 1.29 is 18.0 Å². The number of Topliss-reactive ketones (excluding diaryl/α,β-unsaturated/α-hetero) is 1. The topological polar surface area (TPSA) is 20.3 Å². The van der Waals surface area contributed by atoms with Gasteiger partial charge in [-0.25, -0.2) is 13.2 Å². The summed E-state index contributed by atoms with van der Waals surface area (Å²) in [4.78, 5) is 13.8. The van der Waals surface area contributed by atoms with Crippen LogP contribution in [0.2, 0.25) is 0 Å². The largest absolute Gasteiger partial charge is 0.364 e. The molecule has 0 aromatic heterocycles. The maximum absolute atomic E-state index is 13.1. The summed E-state index contributed by atoms with van der Waals surface area (Å²) in [6.45, 7) is 2.39. The molecule has 2 aromatic carbocycles. The molecular formula is C16H14F3NO. The van der Waals surface area contributed by atoms with E-state index in [1.807, 2.05) is 6.92 Å². The third kappa shape index (κ3) is 3.62. The van der Waals surface area contributed by atoms with E-state index in [0.29, 0.717) is 12.2 Å². The molecular weight excluding hydrogens is 279 g/mol. The summed E-state index contributed by atoms with van der Waals surface area (Å²) in [7, 11) is 0. The van der Waals surface area contributed by atoms with E-state index < -0.39 is 11.6 Å². The Labute approximate surface area is 120 Å². The normalized spacial score (nSPS) is 10.5. The third-order valence-corrected chi connectivity index (χ3v) is 3.15. The summed E-state index contributed by atoms with van der Waals surface area (Å²) < 4.78 is 38.9. The standard InChI is InChI=1S/C16H14F3NO/c1-2-20(13-6-4-12(17)5-7-13)10-16(21)11-3-8-14(18)15(19)9-11/h3-9H,2,10H2,1H3. The number of benzene rings is 2. The Morgan fingerprint density at radius 1 is 1.00 bits per heavy atom. The first-order chi connectivity index (χ1) is 10.0. The van der Waals surface area contributed by atoms with E-state index in [-0.39, 0.29) is 23.7 Å². The average molecular weight is 293 g/mol. The van der Waals surface area contributed by atoms with Crippen LogP contribution in [0.3, 0.4) is 0 Å². The van der Waals surface area contributed by atoms with Crippen molar-refractivity contribution in [3.05, 3.63) is 65.5 Å². The van der Waals surface area contributed by atoms with Gasteiger partial charge in [0.25, 0.3) is 0 Å². The highest BCUT2D eigenvalue weighted by Crippen LogP contribution is 2.16. The maximum Gasteiger partial charge on any atom is 0.182 e. The summed E-state index contributed by atoms with van der Waals surface area (Å²) in [5, 5.41) is 0. The lowest BCUT2D eigenvalue weighted by molar-refractivity contribution is 0.0998. The van der Waals surface area contributed by atoms with Crippen LogP contribution in [0.5, 0.6) is 0 Å². The first-order valence-corrected chi connectivity index (χ1v) is 6.50. The number of halogens is 3. The van der Waals surface area contributed by atoms with Crippen molar-refractivity contribution in [1.29, 1.82) is 0 Å². The molecule has 0 amide bonds. The summed E-state index contributed by atoms with van der Waals surface area (Å²) in [5.74, 6) is -2.73. The minimum Gasteiger partial charge on any atom is -0.364 e. The first-order valence-electron chi connectivity index (χ1n) is 6.50. The lowest BCUT2D eigenvalue weighted by atomic mass is 10.1. The minimum absolute atomic E-state index is 0.00715. The van der Waals surface area contributed by atoms with Crippen molar-refractivity contribution >= 4 is 11.5 Å². The molecule has 2 rings (SSSR count). The smallest absolute Gasteiger partial charge is 0.182 e. The van der Waals surface area contributed by atoms with Gasteiger partial charge in [0, 0.05) is 17.8 Å². The van der Waals surface area contributed by atoms with Crippen LogP contribution in [0.4, 0.5) is 18.9 Å². The van der Waals surface area contributed by atoms with Crippen LogP contribution in [-0.4, -0.2) is 18.9 Å². The summed E-state index contributed by atoms with van der Waals surface area (Å²) >= 11 is 0. The van der Waals surface area contributed by atoms with Gasteiger partial charge >= 0.3 is 0 Å². The molecule has 2 aromatic rings. The van der Waals surface area contributed by atoms with E-state index in [2.05, 4.69) is 0 Å². The molecule has 0 N–H and O–H groups in total. The molecule has 0 saturated carbocycles. The fraction of sp³-hybridized carbons (Fsp3) is 0.188. The Kier molecular flexibility index (Phi) is 4.62. The van der Waals surface area contributed by atoms with Crippen molar-refractivity contribution in [2.45, 2.75) is 6.92 Å². The predicted octanol–water partition coefficient (Wildman–Crippen LogP) is 3.81. The molecule has 0 aliphatic rings. The molecule has 0 fully saturated rings. The number of carbonyl (C=O) groups is 1. The Hall–Kier alpha value is -2.30. The number of ketones is 1. The van der Waals surface area contributed by atoms with Crippen molar-refractivity contribution in [2.75, 3.05) is 18.0 Å². The van der Waals surface area contributed by atoms with Crippen LogP contribution in [0, 0.1) is 17.5 Å². The van der Waals surface area contributed by atoms with Crippen LogP contribution in [-0.2, 0) is 0 Å². The molecule has 0 aliphatic carbocycles. The van der Waals surface area contributed by atoms with Gasteiger partial charge in [-0.3, -0.25) is 4.79 Å². The molecule has 0 bridgehead atoms. The highest BCUT2D eigenvalue weighted by molar-refractivity contribution is 5.99. The molecule has 2 nitrogen and oxygen atoms in total. The Morgan fingerprint density at radius 3 is 2.24 bits per heavy atom. The maximum atomic E-state index is 13.1. The highest BCUT2D eigenvalue weighted by atomic mass is 19.2. The zero-order valence-electron chi connectivity index (χ0n) is 11.4. The monoisotopic (exact) mass is 293 g/mol. The molecule has 0 aliphatic heterocycles. The van der Waals surface area contributed by atoms with Gasteiger partial charge in [-0.15, -0.1) is 0 Å². The molecule has 21 heavy (non-hydrogen) atoms. The first kappa shape index (κ1) is 15.1. The van der Waals surface area contributed by atoms with Gasteiger partial charge in [-0.1, -0.05) is 0 Å². The molecule has 0 radical (unpaired) electrons. The molecule has 0 spiro atoms. The highest BCUT2D eigenvalue weighted by Gasteiger charge is 2.14. The molecule has 0 saturated heterocycles. The quantitative estimate of drug-likeness (QED) is 0.781. The van der Waals surface area contributed by atoms with Crippen LogP contribution in [0.25, 0.3) is 0 Å². The molecule has 110 valence electrons. The number of hydrogen-bond acceptors (Lipinski definition) is 2. The van der Waals surface area contributed by atoms with Crippen LogP contribution in [0.15, 0.2) is 42.5 Å². The fourth-order valence-electron chi connectivity index (χ4n) is 1.97. The second-order valence-corrected chi connectivity index (χ2v) is 4.54. The van der Waals surface area contributed by atoms with Gasteiger partial charge in [0.2, 0.25) is 0 Å². The second kappa shape index (κ2) is 6.43. The van der Waals surface area contributed by atoms with Gasteiger partial charge in [-0.05, 0) is 49.4 Å². The lowest BCUT2D eigenvalue weighted by Crippen LogP contribution is -2.29. The number of nitrogens with zero attached hydrogens (tertiary/aromatic N) is 1. The molecule has 5 heteroatoms. The second-order valence-electron chi connectivity index (χ2n) is 4.54. The Bertz CT molecular complexity index is 640. The summed E-state index contributed by atoms with van der Waals surface area (Å²) in [5.41, 5.74) is 0.796. The van der Waals surface area contributed by atoms with Crippen LogP contribution < -0.4 is 4.90 Å². The lowest BCUT2D eigenvalue weighted by Gasteiger charge is -2.22. The third-order valence-electron chi connectivity index (χ3n) is 3.15.